The fraction of sp³-hybridized carbons (Fsp3) is 1.00. The highest BCUT2D eigenvalue weighted by Gasteiger charge is 2.46. The van der Waals surface area contributed by atoms with Gasteiger partial charge < -0.3 is 17.0 Å². The van der Waals surface area contributed by atoms with Crippen molar-refractivity contribution in [3.8, 4) is 0 Å². The molecule has 5 heteroatoms. The zero-order chi connectivity index (χ0) is 11.6. The van der Waals surface area contributed by atoms with Crippen LogP contribution in [0.3, 0.4) is 0 Å². The van der Waals surface area contributed by atoms with Crippen LogP contribution in [0.15, 0.2) is 0 Å². The van der Waals surface area contributed by atoms with E-state index in [4.69, 9.17) is 21.5 Å². The van der Waals surface area contributed by atoms with Crippen molar-refractivity contribution < 1.29 is 9.26 Å². The van der Waals surface area contributed by atoms with Gasteiger partial charge in [-0.2, -0.15) is 4.67 Å². The molecule has 0 aromatic rings. The lowest BCUT2D eigenvalue weighted by Crippen LogP contribution is -2.42. The second kappa shape index (κ2) is 5.33. The molecule has 90 valence electrons. The van der Waals surface area contributed by atoms with Gasteiger partial charge in [-0.3, -0.25) is 0 Å². The molecule has 1 aliphatic rings. The van der Waals surface area contributed by atoms with E-state index in [-0.39, 0.29) is 11.9 Å². The van der Waals surface area contributed by atoms with E-state index in [9.17, 15) is 0 Å². The maximum Gasteiger partial charge on any atom is 0.187 e. The first kappa shape index (κ1) is 13.7. The Hall–Kier alpha value is 0.660. The highest BCUT2D eigenvalue weighted by molar-refractivity contribution is 8.39. The van der Waals surface area contributed by atoms with Crippen molar-refractivity contribution in [2.75, 3.05) is 13.7 Å². The first-order chi connectivity index (χ1) is 6.91. The van der Waals surface area contributed by atoms with Gasteiger partial charge in [0.15, 0.2) is 5.85 Å². The highest BCUT2D eigenvalue weighted by atomic mass is 32.7. The Balaban J connectivity index is 2.85. The minimum atomic E-state index is -1.98. The summed E-state index contributed by atoms with van der Waals surface area (Å²) in [4.78, 5) is 0. The molecular formula is C10H22NO2PS. The van der Waals surface area contributed by atoms with Gasteiger partial charge in [0.1, 0.15) is 6.84 Å². The third-order valence-electron chi connectivity index (χ3n) is 2.85. The van der Waals surface area contributed by atoms with Gasteiger partial charge in [0.05, 0.1) is 6.10 Å². The Morgan fingerprint density at radius 3 is 2.53 bits per heavy atom. The number of ether oxygens (including phenoxy) is 1. The molecule has 1 aliphatic heterocycles. The van der Waals surface area contributed by atoms with E-state index in [1.165, 1.54) is 0 Å². The van der Waals surface area contributed by atoms with E-state index in [2.05, 4.69) is 25.4 Å². The van der Waals surface area contributed by atoms with Crippen LogP contribution in [0.1, 0.15) is 34.1 Å². The van der Waals surface area contributed by atoms with Gasteiger partial charge in [0.2, 0.25) is 0 Å². The average Bonchev–Trinajstić information content (AvgIpc) is 2.15. The number of hydrogen-bond acceptors (Lipinski definition) is 4. The summed E-state index contributed by atoms with van der Waals surface area (Å²) in [7, 11) is 1.71. The lowest BCUT2D eigenvalue weighted by molar-refractivity contribution is 0.104. The van der Waals surface area contributed by atoms with Crippen LogP contribution in [-0.4, -0.2) is 36.3 Å². The number of nitrogens with zero attached hydrogens (tertiary/aromatic N) is 1. The Bertz CT molecular complexity index is 218. The van der Waals surface area contributed by atoms with Gasteiger partial charge in [0, 0.05) is 19.7 Å². The lowest BCUT2D eigenvalue weighted by atomic mass is 10.2. The summed E-state index contributed by atoms with van der Waals surface area (Å²) in [5.41, 5.74) is 0. The molecule has 0 amide bonds. The molecule has 1 unspecified atom stereocenters. The summed E-state index contributed by atoms with van der Waals surface area (Å²) < 4.78 is 13.7. The molecule has 0 N–H and O–H groups in total. The van der Waals surface area contributed by atoms with Crippen LogP contribution in [0.5, 0.6) is 0 Å². The third kappa shape index (κ3) is 2.86. The zero-order valence-electron chi connectivity index (χ0n) is 10.3. The van der Waals surface area contributed by atoms with E-state index in [1.807, 2.05) is 6.92 Å². The van der Waals surface area contributed by atoms with Crippen molar-refractivity contribution in [1.29, 1.82) is 0 Å². The van der Waals surface area contributed by atoms with Crippen molar-refractivity contribution in [1.82, 2.24) is 4.67 Å². The molecule has 1 fully saturated rings. The molecule has 0 aromatic heterocycles. The number of methoxy groups -OCH3 is 1. The summed E-state index contributed by atoms with van der Waals surface area (Å²) in [6, 6.07) is 0.431. The molecule has 1 heterocycles. The smallest absolute Gasteiger partial charge is 0.187 e. The second-order valence-corrected chi connectivity index (χ2v) is 8.51. The van der Waals surface area contributed by atoms with Crippen LogP contribution < -0.4 is 0 Å². The van der Waals surface area contributed by atoms with Gasteiger partial charge in [-0.1, -0.05) is 0 Å². The summed E-state index contributed by atoms with van der Waals surface area (Å²) in [6.45, 7) is 7.51. The minimum Gasteiger partial charge on any atom is -0.503 e. The molecule has 1 saturated heterocycles. The average molecular weight is 251 g/mol. The predicted molar refractivity (Wildman–Crippen MR) is 67.8 cm³/mol. The van der Waals surface area contributed by atoms with Crippen molar-refractivity contribution in [2.24, 2.45) is 0 Å². The first-order valence-corrected chi connectivity index (χ1v) is 8.24. The van der Waals surface area contributed by atoms with E-state index in [1.54, 1.807) is 7.11 Å². The summed E-state index contributed by atoms with van der Waals surface area (Å²) >= 11 is 5.74. The van der Waals surface area contributed by atoms with E-state index < -0.39 is 6.84 Å². The van der Waals surface area contributed by atoms with Gasteiger partial charge in [-0.05, 0) is 34.1 Å². The second-order valence-electron chi connectivity index (χ2n) is 4.36. The molecule has 0 spiro atoms. The quantitative estimate of drug-likeness (QED) is 0.568. The molecule has 1 rings (SSSR count). The standard InChI is InChI=1S/C10H22NO2PS/c1-8(2)11-7-6-9(3)13-14(11,15)10(4)12-5/h8-10H,6-7H2,1-5H3/t9-,10+,14?/m0/s1. The van der Waals surface area contributed by atoms with Gasteiger partial charge in [-0.15, -0.1) is 0 Å². The minimum absolute atomic E-state index is 0.0117. The number of hydrogen-bond donors (Lipinski definition) is 0. The molecule has 0 bridgehead atoms. The van der Waals surface area contributed by atoms with Crippen molar-refractivity contribution in [3.63, 3.8) is 0 Å². The summed E-state index contributed by atoms with van der Waals surface area (Å²) in [6.07, 6.45) is 1.33. The van der Waals surface area contributed by atoms with Crippen LogP contribution >= 0.6 is 6.84 Å². The maximum absolute atomic E-state index is 6.03. The van der Waals surface area contributed by atoms with Gasteiger partial charge in [0.25, 0.3) is 0 Å². The predicted octanol–water partition coefficient (Wildman–Crippen LogP) is 2.81. The topological polar surface area (TPSA) is 21.7 Å². The summed E-state index contributed by atoms with van der Waals surface area (Å²) in [5, 5.41) is 0. The van der Waals surface area contributed by atoms with Gasteiger partial charge in [-0.25, -0.2) is 4.52 Å². The van der Waals surface area contributed by atoms with E-state index in [0.29, 0.717) is 6.04 Å². The lowest BCUT2D eigenvalue weighted by Gasteiger charge is -2.49. The van der Waals surface area contributed by atoms with Crippen LogP contribution in [-0.2, 0) is 21.5 Å². The Morgan fingerprint density at radius 2 is 2.07 bits per heavy atom. The van der Waals surface area contributed by atoms with Crippen LogP contribution in [0.25, 0.3) is 0 Å². The molecule has 15 heavy (non-hydrogen) atoms. The van der Waals surface area contributed by atoms with E-state index in [0.717, 1.165) is 13.0 Å². The maximum atomic E-state index is 6.03. The zero-order valence-corrected chi connectivity index (χ0v) is 12.0. The van der Waals surface area contributed by atoms with Crippen molar-refractivity contribution in [2.45, 2.75) is 52.1 Å². The molecule has 3 atom stereocenters. The first-order valence-electron chi connectivity index (χ1n) is 5.50. The Labute approximate surface area is 99.1 Å². The normalized spacial score (nSPS) is 35.8. The fourth-order valence-electron chi connectivity index (χ4n) is 1.83. The summed E-state index contributed by atoms with van der Waals surface area (Å²) in [5.74, 6) is 0.0117. The van der Waals surface area contributed by atoms with Gasteiger partial charge >= 0.3 is 0 Å². The highest BCUT2D eigenvalue weighted by Crippen LogP contribution is 2.68. The number of rotatable bonds is 3. The molecule has 0 aliphatic carbocycles. The molecule has 0 saturated carbocycles. The monoisotopic (exact) mass is 251 g/mol. The SMILES string of the molecule is CO[C@@H](C)[P+]1([S-])O[C@@H](C)CCN1C(C)C. The van der Waals surface area contributed by atoms with Crippen LogP contribution in [0.4, 0.5) is 0 Å². The fourth-order valence-corrected chi connectivity index (χ4v) is 5.98. The van der Waals surface area contributed by atoms with E-state index >= 15 is 0 Å². The molecule has 0 radical (unpaired) electrons. The molecule has 0 aromatic carbocycles. The Kier molecular flexibility index (Phi) is 4.87. The largest absolute Gasteiger partial charge is 0.503 e. The Morgan fingerprint density at radius 1 is 1.47 bits per heavy atom. The third-order valence-corrected chi connectivity index (χ3v) is 7.80. The molecular weight excluding hydrogens is 229 g/mol. The van der Waals surface area contributed by atoms with Crippen LogP contribution in [0, 0.1) is 0 Å². The van der Waals surface area contributed by atoms with Crippen molar-refractivity contribution >= 4 is 19.1 Å². The van der Waals surface area contributed by atoms with Crippen molar-refractivity contribution in [3.05, 3.63) is 0 Å². The van der Waals surface area contributed by atoms with Crippen LogP contribution in [0.2, 0.25) is 0 Å². The molecule has 3 nitrogen and oxygen atoms in total.